The Balaban J connectivity index is 1.26. The predicted molar refractivity (Wildman–Crippen MR) is 154 cm³/mol. The summed E-state index contributed by atoms with van der Waals surface area (Å²) in [5, 5.41) is 12.6. The fourth-order valence-electron chi connectivity index (χ4n) is 7.12. The van der Waals surface area contributed by atoms with Gasteiger partial charge in [0, 0.05) is 51.0 Å². The molecule has 0 radical (unpaired) electrons. The van der Waals surface area contributed by atoms with E-state index in [0.29, 0.717) is 16.8 Å². The summed E-state index contributed by atoms with van der Waals surface area (Å²) in [4.78, 5) is 18.7. The van der Waals surface area contributed by atoms with Gasteiger partial charge in [-0.3, -0.25) is 4.98 Å². The van der Waals surface area contributed by atoms with Crippen molar-refractivity contribution in [2.75, 3.05) is 44.3 Å². The molecule has 9 heteroatoms. The summed E-state index contributed by atoms with van der Waals surface area (Å²) in [6.45, 7) is 5.23. The molecule has 0 amide bonds. The van der Waals surface area contributed by atoms with Gasteiger partial charge in [-0.2, -0.15) is 9.97 Å². The van der Waals surface area contributed by atoms with Crippen LogP contribution in [-0.2, 0) is 4.74 Å². The highest BCUT2D eigenvalue weighted by atomic mass is 19.1. The van der Waals surface area contributed by atoms with Crippen LogP contribution in [0.25, 0.3) is 32.9 Å². The van der Waals surface area contributed by atoms with Crippen molar-refractivity contribution in [3.05, 3.63) is 59.9 Å². The largest absolute Gasteiger partial charge is 0.508 e. The molecule has 1 spiro atoms. The van der Waals surface area contributed by atoms with Gasteiger partial charge in [0.25, 0.3) is 0 Å². The molecule has 41 heavy (non-hydrogen) atoms. The van der Waals surface area contributed by atoms with E-state index in [1.54, 1.807) is 18.3 Å². The van der Waals surface area contributed by atoms with Crippen LogP contribution in [-0.4, -0.2) is 64.4 Å². The number of aromatic hydroxyl groups is 1. The van der Waals surface area contributed by atoms with Crippen molar-refractivity contribution in [3.8, 4) is 23.0 Å². The van der Waals surface area contributed by atoms with Crippen molar-refractivity contribution in [2.45, 2.75) is 38.5 Å². The average Bonchev–Trinajstić information content (AvgIpc) is 3.73. The standard InChI is InChI=1S/C32H32FN5O3/c33-27-28(23-17-21(39)16-20-4-1-2-5-22(20)23)34-18-24-29(27)35-31(41-26-7-12-37-11-3-6-25(26)37)36-30(24)38-13-8-32(9-14-38)10-15-40-19-32/h1-2,4-5,16-18,39H,3,6-15,19H2. The van der Waals surface area contributed by atoms with E-state index in [0.717, 1.165) is 94.4 Å². The molecule has 0 atom stereocenters. The van der Waals surface area contributed by atoms with Crippen molar-refractivity contribution >= 4 is 27.5 Å². The first kappa shape index (κ1) is 24.8. The van der Waals surface area contributed by atoms with E-state index in [4.69, 9.17) is 14.5 Å². The second-order valence-corrected chi connectivity index (χ2v) is 11.8. The molecule has 8 rings (SSSR count). The van der Waals surface area contributed by atoms with Crippen LogP contribution in [0.2, 0.25) is 0 Å². The zero-order valence-electron chi connectivity index (χ0n) is 22.9. The lowest BCUT2D eigenvalue weighted by molar-refractivity contribution is 0.133. The minimum atomic E-state index is -0.545. The monoisotopic (exact) mass is 553 g/mol. The Morgan fingerprint density at radius 3 is 2.68 bits per heavy atom. The van der Waals surface area contributed by atoms with Gasteiger partial charge >= 0.3 is 6.01 Å². The number of nitrogens with zero attached hydrogens (tertiary/aromatic N) is 5. The van der Waals surface area contributed by atoms with Crippen molar-refractivity contribution in [1.29, 1.82) is 0 Å². The topological polar surface area (TPSA) is 83.8 Å². The second-order valence-electron chi connectivity index (χ2n) is 11.8. The molecule has 3 fully saturated rings. The Bertz CT molecular complexity index is 1710. The maximum Gasteiger partial charge on any atom is 0.324 e. The third kappa shape index (κ3) is 4.17. The number of phenolic OH excluding ortho intramolecular Hbond substituents is 1. The molecule has 210 valence electrons. The summed E-state index contributed by atoms with van der Waals surface area (Å²) in [6, 6.07) is 11.0. The Morgan fingerprint density at radius 2 is 1.83 bits per heavy atom. The molecule has 4 aliphatic rings. The Hall–Kier alpha value is -3.98. The number of rotatable bonds is 4. The molecular formula is C32H32FN5O3. The van der Waals surface area contributed by atoms with Crippen LogP contribution >= 0.6 is 0 Å². The van der Waals surface area contributed by atoms with E-state index in [9.17, 15) is 5.11 Å². The number of phenols is 1. The number of benzene rings is 2. The minimum absolute atomic E-state index is 0.0568. The lowest BCUT2D eigenvalue weighted by Gasteiger charge is -2.39. The fraction of sp³-hybridized carbons (Fsp3) is 0.406. The summed E-state index contributed by atoms with van der Waals surface area (Å²) in [6.07, 6.45) is 7.67. The van der Waals surface area contributed by atoms with Crippen molar-refractivity contribution in [1.82, 2.24) is 19.9 Å². The van der Waals surface area contributed by atoms with E-state index < -0.39 is 5.82 Å². The molecule has 6 heterocycles. The summed E-state index contributed by atoms with van der Waals surface area (Å²) in [5.41, 5.74) is 2.29. The summed E-state index contributed by atoms with van der Waals surface area (Å²) < 4.78 is 28.7. The van der Waals surface area contributed by atoms with Gasteiger partial charge < -0.3 is 24.4 Å². The van der Waals surface area contributed by atoms with E-state index in [-0.39, 0.29) is 28.4 Å². The zero-order valence-corrected chi connectivity index (χ0v) is 22.9. The van der Waals surface area contributed by atoms with Crippen LogP contribution in [0.3, 0.4) is 0 Å². The van der Waals surface area contributed by atoms with Crippen molar-refractivity contribution in [2.24, 2.45) is 5.41 Å². The molecule has 0 unspecified atom stereocenters. The lowest BCUT2D eigenvalue weighted by atomic mass is 9.78. The number of anilines is 1. The van der Waals surface area contributed by atoms with Gasteiger partial charge in [-0.25, -0.2) is 4.39 Å². The summed E-state index contributed by atoms with van der Waals surface area (Å²) >= 11 is 0. The number of hydrogen-bond acceptors (Lipinski definition) is 8. The molecule has 2 aromatic carbocycles. The fourth-order valence-corrected chi connectivity index (χ4v) is 7.12. The smallest absolute Gasteiger partial charge is 0.324 e. The molecule has 4 aromatic rings. The number of fused-ring (bicyclic) bond motifs is 3. The molecule has 4 aliphatic heterocycles. The summed E-state index contributed by atoms with van der Waals surface area (Å²) in [7, 11) is 0. The number of hydrogen-bond donors (Lipinski definition) is 1. The normalized spacial score (nSPS) is 20.1. The van der Waals surface area contributed by atoms with Crippen molar-refractivity contribution < 1.29 is 19.0 Å². The molecule has 1 N–H and O–H groups in total. The molecule has 0 aliphatic carbocycles. The number of halogens is 1. The van der Waals surface area contributed by atoms with E-state index in [2.05, 4.69) is 19.8 Å². The molecule has 0 bridgehead atoms. The number of pyridine rings is 1. The van der Waals surface area contributed by atoms with Gasteiger partial charge in [0.2, 0.25) is 0 Å². The number of allylic oxidation sites excluding steroid dienone is 1. The first-order chi connectivity index (χ1) is 20.1. The van der Waals surface area contributed by atoms with Gasteiger partial charge in [-0.15, -0.1) is 0 Å². The SMILES string of the molecule is Oc1cc(-c2ncc3c(N4CCC5(CCOC5)CC4)nc(OC4=C5CCCN5CC4)nc3c2F)c2ccccc2c1. The van der Waals surface area contributed by atoms with Crippen molar-refractivity contribution in [3.63, 3.8) is 0 Å². The zero-order chi connectivity index (χ0) is 27.6. The highest BCUT2D eigenvalue weighted by Gasteiger charge is 2.39. The Labute approximate surface area is 237 Å². The van der Waals surface area contributed by atoms with Crippen LogP contribution in [0.15, 0.2) is 54.1 Å². The van der Waals surface area contributed by atoms with Gasteiger partial charge in [-0.1, -0.05) is 24.3 Å². The van der Waals surface area contributed by atoms with E-state index in [1.165, 1.54) is 5.70 Å². The quantitative estimate of drug-likeness (QED) is 0.340. The molecule has 8 nitrogen and oxygen atoms in total. The summed E-state index contributed by atoms with van der Waals surface area (Å²) in [5.74, 6) is 1.06. The average molecular weight is 554 g/mol. The lowest BCUT2D eigenvalue weighted by Crippen LogP contribution is -2.41. The maximum atomic E-state index is 16.6. The number of piperidine rings is 1. The Kier molecular flexibility index (Phi) is 5.77. The first-order valence-corrected chi connectivity index (χ1v) is 14.6. The van der Waals surface area contributed by atoms with Gasteiger partial charge in [0.15, 0.2) is 5.82 Å². The van der Waals surface area contributed by atoms with Gasteiger partial charge in [0.1, 0.15) is 28.5 Å². The third-order valence-electron chi connectivity index (χ3n) is 9.42. The molecule has 3 saturated heterocycles. The second kappa shape index (κ2) is 9.55. The van der Waals surface area contributed by atoms with Gasteiger partial charge in [-0.05, 0) is 60.4 Å². The van der Waals surface area contributed by atoms with Crippen LogP contribution in [0.1, 0.15) is 38.5 Å². The van der Waals surface area contributed by atoms with Crippen LogP contribution in [0.5, 0.6) is 11.8 Å². The van der Waals surface area contributed by atoms with Crippen LogP contribution < -0.4 is 9.64 Å². The third-order valence-corrected chi connectivity index (χ3v) is 9.42. The van der Waals surface area contributed by atoms with E-state index >= 15 is 4.39 Å². The predicted octanol–water partition coefficient (Wildman–Crippen LogP) is 5.79. The highest BCUT2D eigenvalue weighted by molar-refractivity contribution is 5.99. The number of aromatic nitrogens is 3. The Morgan fingerprint density at radius 1 is 0.951 bits per heavy atom. The number of ether oxygens (including phenoxy) is 2. The van der Waals surface area contributed by atoms with Gasteiger partial charge in [0.05, 0.1) is 17.7 Å². The minimum Gasteiger partial charge on any atom is -0.508 e. The molecule has 0 saturated carbocycles. The highest BCUT2D eigenvalue weighted by Crippen LogP contribution is 2.42. The molecule has 2 aromatic heterocycles. The van der Waals surface area contributed by atoms with Crippen LogP contribution in [0.4, 0.5) is 10.2 Å². The molecular weight excluding hydrogens is 521 g/mol. The maximum absolute atomic E-state index is 16.6. The first-order valence-electron chi connectivity index (χ1n) is 14.6. The van der Waals surface area contributed by atoms with E-state index in [1.807, 2.05) is 24.3 Å². The van der Waals surface area contributed by atoms with Crippen LogP contribution in [0, 0.1) is 11.2 Å².